The largest absolute Gasteiger partial charge is 0.270 e. The first-order chi connectivity index (χ1) is 13.5. The fourth-order valence-electron chi connectivity index (χ4n) is 2.68. The third-order valence-corrected chi connectivity index (χ3v) is 4.95. The van der Waals surface area contributed by atoms with Crippen molar-refractivity contribution in [2.24, 2.45) is 0 Å². The van der Waals surface area contributed by atoms with Gasteiger partial charge in [-0.2, -0.15) is 0 Å². The molecule has 0 N–H and O–H groups in total. The predicted octanol–water partition coefficient (Wildman–Crippen LogP) is 4.57. The minimum Gasteiger partial charge on any atom is -0.270 e. The average Bonchev–Trinajstić information content (AvgIpc) is 3.12. The van der Waals surface area contributed by atoms with Gasteiger partial charge in [0.25, 0.3) is 0 Å². The van der Waals surface area contributed by atoms with E-state index in [1.165, 1.54) is 11.8 Å². The lowest BCUT2D eigenvalue weighted by molar-refractivity contribution is 0.538. The zero-order valence-electron chi connectivity index (χ0n) is 15.9. The molecule has 6 nitrogen and oxygen atoms in total. The van der Waals surface area contributed by atoms with Gasteiger partial charge in [-0.1, -0.05) is 39.0 Å². The Morgan fingerprint density at radius 3 is 2.43 bits per heavy atom. The maximum absolute atomic E-state index is 4.71. The van der Waals surface area contributed by atoms with Gasteiger partial charge in [-0.05, 0) is 42.1 Å². The number of nitrogens with zero attached hydrogens (tertiary/aromatic N) is 6. The fourth-order valence-corrected chi connectivity index (χ4v) is 3.49. The SMILES string of the molecule is CC(C)(C)c1nccc(Sc2nnc(-c3cccnc3)n2-c2ccccc2)n1. The maximum atomic E-state index is 4.71. The smallest absolute Gasteiger partial charge is 0.202 e. The molecule has 0 aliphatic rings. The predicted molar refractivity (Wildman–Crippen MR) is 109 cm³/mol. The van der Waals surface area contributed by atoms with Gasteiger partial charge in [0, 0.05) is 35.3 Å². The monoisotopic (exact) mass is 388 g/mol. The van der Waals surface area contributed by atoms with Crippen LogP contribution in [0.1, 0.15) is 26.6 Å². The molecule has 4 aromatic rings. The first kappa shape index (κ1) is 18.3. The van der Waals surface area contributed by atoms with E-state index in [9.17, 15) is 0 Å². The number of hydrogen-bond donors (Lipinski definition) is 0. The van der Waals surface area contributed by atoms with Crippen molar-refractivity contribution in [2.75, 3.05) is 0 Å². The first-order valence-corrected chi connectivity index (χ1v) is 9.76. The Morgan fingerprint density at radius 2 is 1.71 bits per heavy atom. The van der Waals surface area contributed by atoms with E-state index >= 15 is 0 Å². The van der Waals surface area contributed by atoms with Crippen LogP contribution in [0.2, 0.25) is 0 Å². The van der Waals surface area contributed by atoms with Crippen LogP contribution in [-0.4, -0.2) is 29.7 Å². The lowest BCUT2D eigenvalue weighted by Crippen LogP contribution is -2.15. The molecule has 3 aromatic heterocycles. The average molecular weight is 389 g/mol. The number of rotatable bonds is 4. The highest BCUT2D eigenvalue weighted by Crippen LogP contribution is 2.31. The lowest BCUT2D eigenvalue weighted by Gasteiger charge is -2.16. The van der Waals surface area contributed by atoms with Crippen molar-refractivity contribution in [3.63, 3.8) is 0 Å². The van der Waals surface area contributed by atoms with Crippen LogP contribution < -0.4 is 0 Å². The molecule has 0 unspecified atom stereocenters. The summed E-state index contributed by atoms with van der Waals surface area (Å²) in [5.41, 5.74) is 1.77. The minimum absolute atomic E-state index is 0.120. The summed E-state index contributed by atoms with van der Waals surface area (Å²) in [4.78, 5) is 13.3. The summed E-state index contributed by atoms with van der Waals surface area (Å²) in [7, 11) is 0. The molecule has 0 aliphatic heterocycles. The molecule has 4 rings (SSSR count). The van der Waals surface area contributed by atoms with Gasteiger partial charge in [-0.3, -0.25) is 9.55 Å². The van der Waals surface area contributed by atoms with Crippen LogP contribution in [0.3, 0.4) is 0 Å². The molecule has 0 bridgehead atoms. The van der Waals surface area contributed by atoms with Gasteiger partial charge in [0.1, 0.15) is 10.9 Å². The second-order valence-corrected chi connectivity index (χ2v) is 8.28. The van der Waals surface area contributed by atoms with Gasteiger partial charge >= 0.3 is 0 Å². The number of para-hydroxylation sites is 1. The van der Waals surface area contributed by atoms with E-state index < -0.39 is 0 Å². The molecule has 28 heavy (non-hydrogen) atoms. The van der Waals surface area contributed by atoms with Crippen LogP contribution in [0.15, 0.2) is 77.3 Å². The van der Waals surface area contributed by atoms with E-state index in [1.54, 1.807) is 18.6 Å². The summed E-state index contributed by atoms with van der Waals surface area (Å²) in [6.45, 7) is 6.30. The van der Waals surface area contributed by atoms with E-state index in [0.717, 1.165) is 33.1 Å². The van der Waals surface area contributed by atoms with Crippen molar-refractivity contribution in [1.29, 1.82) is 0 Å². The van der Waals surface area contributed by atoms with Gasteiger partial charge in [0.15, 0.2) is 5.82 Å². The molecule has 0 radical (unpaired) electrons. The van der Waals surface area contributed by atoms with E-state index in [2.05, 4.69) is 40.9 Å². The molecule has 7 heteroatoms. The number of pyridine rings is 1. The zero-order chi connectivity index (χ0) is 19.6. The van der Waals surface area contributed by atoms with Crippen molar-refractivity contribution in [2.45, 2.75) is 36.4 Å². The molecule has 0 aliphatic carbocycles. The van der Waals surface area contributed by atoms with Crippen molar-refractivity contribution in [1.82, 2.24) is 29.7 Å². The van der Waals surface area contributed by atoms with Crippen LogP contribution in [0.25, 0.3) is 17.1 Å². The van der Waals surface area contributed by atoms with Crippen molar-refractivity contribution < 1.29 is 0 Å². The number of hydrogen-bond acceptors (Lipinski definition) is 6. The van der Waals surface area contributed by atoms with Crippen LogP contribution in [0.5, 0.6) is 0 Å². The molecule has 0 fully saturated rings. The summed E-state index contributed by atoms with van der Waals surface area (Å²) in [6.07, 6.45) is 5.33. The molecular weight excluding hydrogens is 368 g/mol. The van der Waals surface area contributed by atoms with Crippen LogP contribution >= 0.6 is 11.8 Å². The van der Waals surface area contributed by atoms with Gasteiger partial charge < -0.3 is 0 Å². The van der Waals surface area contributed by atoms with Crippen LogP contribution in [0.4, 0.5) is 0 Å². The highest BCUT2D eigenvalue weighted by molar-refractivity contribution is 7.99. The molecular formula is C21H20N6S. The summed E-state index contributed by atoms with van der Waals surface area (Å²) < 4.78 is 2.03. The van der Waals surface area contributed by atoms with Crippen molar-refractivity contribution in [3.8, 4) is 17.1 Å². The second-order valence-electron chi connectivity index (χ2n) is 7.29. The maximum Gasteiger partial charge on any atom is 0.202 e. The van der Waals surface area contributed by atoms with E-state index in [1.807, 2.05) is 53.1 Å². The third-order valence-electron chi connectivity index (χ3n) is 4.06. The highest BCUT2D eigenvalue weighted by atomic mass is 32.2. The van der Waals surface area contributed by atoms with E-state index in [0.29, 0.717) is 0 Å². The Hall–Kier alpha value is -3.06. The van der Waals surface area contributed by atoms with E-state index in [-0.39, 0.29) is 5.41 Å². The first-order valence-electron chi connectivity index (χ1n) is 8.95. The Labute approximate surface area is 168 Å². The molecule has 1 aromatic carbocycles. The molecule has 0 spiro atoms. The van der Waals surface area contributed by atoms with Crippen LogP contribution in [0, 0.1) is 0 Å². The normalized spacial score (nSPS) is 11.5. The Balaban J connectivity index is 1.79. The summed E-state index contributed by atoms with van der Waals surface area (Å²) in [5.74, 6) is 1.54. The second kappa shape index (κ2) is 7.52. The summed E-state index contributed by atoms with van der Waals surface area (Å²) >= 11 is 1.47. The Bertz CT molecular complexity index is 1070. The number of benzene rings is 1. The molecule has 3 heterocycles. The molecule has 0 amide bonds. The quantitative estimate of drug-likeness (QED) is 0.477. The van der Waals surface area contributed by atoms with Gasteiger partial charge in [0.05, 0.1) is 0 Å². The van der Waals surface area contributed by atoms with Crippen molar-refractivity contribution >= 4 is 11.8 Å². The van der Waals surface area contributed by atoms with E-state index in [4.69, 9.17) is 4.98 Å². The topological polar surface area (TPSA) is 69.4 Å². The lowest BCUT2D eigenvalue weighted by atomic mass is 9.96. The van der Waals surface area contributed by atoms with Crippen molar-refractivity contribution in [3.05, 3.63) is 72.9 Å². The Kier molecular flexibility index (Phi) is 4.92. The summed E-state index contributed by atoms with van der Waals surface area (Å²) in [6, 6.07) is 15.8. The molecule has 140 valence electrons. The molecule has 0 atom stereocenters. The van der Waals surface area contributed by atoms with Gasteiger partial charge in [0.2, 0.25) is 5.16 Å². The zero-order valence-corrected chi connectivity index (χ0v) is 16.8. The Morgan fingerprint density at radius 1 is 0.893 bits per heavy atom. The molecule has 0 saturated carbocycles. The number of aromatic nitrogens is 6. The third kappa shape index (κ3) is 3.80. The van der Waals surface area contributed by atoms with Crippen LogP contribution in [-0.2, 0) is 5.41 Å². The highest BCUT2D eigenvalue weighted by Gasteiger charge is 2.20. The molecule has 0 saturated heterocycles. The van der Waals surface area contributed by atoms with Gasteiger partial charge in [-0.15, -0.1) is 10.2 Å². The van der Waals surface area contributed by atoms with Gasteiger partial charge in [-0.25, -0.2) is 9.97 Å². The fraction of sp³-hybridized carbons (Fsp3) is 0.190. The minimum atomic E-state index is -0.120. The summed E-state index contributed by atoms with van der Waals surface area (Å²) in [5, 5.41) is 10.5. The standard InChI is InChI=1S/C21H20N6S/c1-21(2,3)19-23-13-11-17(24-19)28-20-26-25-18(15-8-7-12-22-14-15)27(20)16-9-5-4-6-10-16/h4-14H,1-3H3.